The third-order valence-corrected chi connectivity index (χ3v) is 7.03. The van der Waals surface area contributed by atoms with E-state index in [0.29, 0.717) is 53.9 Å². The molecule has 3 aliphatic heterocycles. The molecule has 0 radical (unpaired) electrons. The zero-order valence-corrected chi connectivity index (χ0v) is 21.1. The van der Waals surface area contributed by atoms with Gasteiger partial charge in [0.2, 0.25) is 11.8 Å². The van der Waals surface area contributed by atoms with Gasteiger partial charge in [-0.15, -0.1) is 0 Å². The first-order valence-corrected chi connectivity index (χ1v) is 12.5. The lowest BCUT2D eigenvalue weighted by molar-refractivity contribution is -0.143. The van der Waals surface area contributed by atoms with Gasteiger partial charge in [-0.25, -0.2) is 14.2 Å². The van der Waals surface area contributed by atoms with Gasteiger partial charge in [0.05, 0.1) is 29.8 Å². The lowest BCUT2D eigenvalue weighted by Gasteiger charge is -2.38. The van der Waals surface area contributed by atoms with Crippen molar-refractivity contribution in [3.63, 3.8) is 0 Å². The predicted octanol–water partition coefficient (Wildman–Crippen LogP) is 3.43. The van der Waals surface area contributed by atoms with Gasteiger partial charge in [0.15, 0.2) is 5.17 Å². The smallest absolute Gasteiger partial charge is 0.338 e. The van der Waals surface area contributed by atoms with Crippen molar-refractivity contribution in [2.24, 2.45) is 4.99 Å². The number of nitrogens with zero attached hydrogens (tertiary/aromatic N) is 4. The summed E-state index contributed by atoms with van der Waals surface area (Å²) in [6, 6.07) is 5.43. The Morgan fingerprint density at radius 1 is 1.17 bits per heavy atom. The van der Waals surface area contributed by atoms with Crippen LogP contribution in [-0.2, 0) is 19.1 Å². The Bertz CT molecular complexity index is 1140. The molecule has 0 bridgehead atoms. The molecule has 1 fully saturated rings. The standard InChI is InChI=1S/C25H29FN4O4S/c1-15(2)34-24(33)22-16(3)27-25-30(23(22)18-6-5-7-19(26)12-18)20(14-35-25)13-21(32)29-10-8-28(9-11-29)17(4)31/h5-7,12,14-15,23H,8-11,13H2,1-4H3/t23-/m1/s1. The fraction of sp³-hybridized carbons (Fsp3) is 0.440. The molecule has 4 rings (SSSR count). The molecule has 0 aliphatic carbocycles. The Hall–Kier alpha value is -3.14. The minimum Gasteiger partial charge on any atom is -0.459 e. The first-order valence-electron chi connectivity index (χ1n) is 11.6. The Labute approximate surface area is 208 Å². The molecule has 0 saturated carbocycles. The highest BCUT2D eigenvalue weighted by atomic mass is 32.2. The molecule has 1 atom stereocenters. The van der Waals surface area contributed by atoms with E-state index in [1.807, 2.05) is 10.3 Å². The van der Waals surface area contributed by atoms with Crippen molar-refractivity contribution < 1.29 is 23.5 Å². The summed E-state index contributed by atoms with van der Waals surface area (Å²) in [5.74, 6) is -1.01. The summed E-state index contributed by atoms with van der Waals surface area (Å²) in [5.41, 5.74) is 2.08. The molecule has 1 saturated heterocycles. The van der Waals surface area contributed by atoms with Gasteiger partial charge in [0.1, 0.15) is 5.82 Å². The van der Waals surface area contributed by atoms with Crippen LogP contribution in [0.15, 0.2) is 51.6 Å². The number of hydrogen-bond acceptors (Lipinski definition) is 7. The Morgan fingerprint density at radius 2 is 1.86 bits per heavy atom. The van der Waals surface area contributed by atoms with E-state index in [2.05, 4.69) is 4.99 Å². The van der Waals surface area contributed by atoms with Crippen LogP contribution < -0.4 is 0 Å². The van der Waals surface area contributed by atoms with Crippen molar-refractivity contribution >= 4 is 34.7 Å². The Kier molecular flexibility index (Phi) is 7.30. The molecule has 0 aromatic heterocycles. The molecule has 3 heterocycles. The SMILES string of the molecule is CC(=O)N1CCN(C(=O)CC2=CSC3=NC(C)=C(C(=O)OC(C)C)[C@@H](c4cccc(F)c4)N23)CC1. The average molecular weight is 501 g/mol. The second kappa shape index (κ2) is 10.2. The molecular weight excluding hydrogens is 471 g/mol. The monoisotopic (exact) mass is 500 g/mol. The lowest BCUT2D eigenvalue weighted by atomic mass is 9.93. The first-order chi connectivity index (χ1) is 16.7. The molecule has 1 aromatic rings. The number of amides is 2. The number of ether oxygens (including phenoxy) is 1. The van der Waals surface area contributed by atoms with Crippen molar-refractivity contribution in [2.75, 3.05) is 26.2 Å². The van der Waals surface area contributed by atoms with Gasteiger partial charge in [-0.05, 0) is 43.9 Å². The van der Waals surface area contributed by atoms with Gasteiger partial charge >= 0.3 is 5.97 Å². The molecule has 0 N–H and O–H groups in total. The number of aliphatic imine (C=N–C) groups is 1. The number of halogens is 1. The number of thioether (sulfide) groups is 1. The van der Waals surface area contributed by atoms with Crippen LogP contribution in [0.25, 0.3) is 0 Å². The van der Waals surface area contributed by atoms with Crippen molar-refractivity contribution in [1.29, 1.82) is 0 Å². The normalized spacial score (nSPS) is 20.1. The van der Waals surface area contributed by atoms with E-state index >= 15 is 0 Å². The Morgan fingerprint density at radius 3 is 2.49 bits per heavy atom. The zero-order chi connectivity index (χ0) is 25.3. The van der Waals surface area contributed by atoms with Crippen molar-refractivity contribution in [3.8, 4) is 0 Å². The number of carbonyl (C=O) groups excluding carboxylic acids is 3. The molecule has 10 heteroatoms. The number of carbonyl (C=O) groups is 3. The summed E-state index contributed by atoms with van der Waals surface area (Å²) in [5, 5.41) is 2.49. The highest BCUT2D eigenvalue weighted by Crippen LogP contribution is 2.45. The van der Waals surface area contributed by atoms with Gasteiger partial charge in [0, 0.05) is 38.8 Å². The number of allylic oxidation sites excluding steroid dienone is 1. The quantitative estimate of drug-likeness (QED) is 0.576. The van der Waals surface area contributed by atoms with E-state index in [0.717, 1.165) is 0 Å². The third-order valence-electron chi connectivity index (χ3n) is 6.14. The van der Waals surface area contributed by atoms with Crippen LogP contribution in [0.1, 0.15) is 45.7 Å². The summed E-state index contributed by atoms with van der Waals surface area (Å²) in [7, 11) is 0. The van der Waals surface area contributed by atoms with E-state index in [1.165, 1.54) is 30.8 Å². The Balaban J connectivity index is 1.62. The first kappa shape index (κ1) is 25.0. The molecule has 8 nitrogen and oxygen atoms in total. The van der Waals surface area contributed by atoms with Gasteiger partial charge < -0.3 is 19.4 Å². The summed E-state index contributed by atoms with van der Waals surface area (Å²) >= 11 is 1.37. The third kappa shape index (κ3) is 5.27. The molecule has 35 heavy (non-hydrogen) atoms. The van der Waals surface area contributed by atoms with Crippen LogP contribution >= 0.6 is 11.8 Å². The summed E-state index contributed by atoms with van der Waals surface area (Å²) in [6.45, 7) is 8.75. The maximum absolute atomic E-state index is 14.3. The summed E-state index contributed by atoms with van der Waals surface area (Å²) < 4.78 is 19.8. The van der Waals surface area contributed by atoms with E-state index in [1.54, 1.807) is 42.7 Å². The fourth-order valence-electron chi connectivity index (χ4n) is 4.44. The molecule has 0 spiro atoms. The summed E-state index contributed by atoms with van der Waals surface area (Å²) in [4.78, 5) is 47.8. The van der Waals surface area contributed by atoms with Gasteiger partial charge in [-0.1, -0.05) is 23.9 Å². The van der Waals surface area contributed by atoms with Crippen LogP contribution in [0.3, 0.4) is 0 Å². The molecular formula is C25H29FN4O4S. The molecule has 186 valence electrons. The predicted molar refractivity (Wildman–Crippen MR) is 131 cm³/mol. The second-order valence-corrected chi connectivity index (χ2v) is 9.80. The topological polar surface area (TPSA) is 82.5 Å². The second-order valence-electron chi connectivity index (χ2n) is 8.97. The number of benzene rings is 1. The number of esters is 1. The van der Waals surface area contributed by atoms with Crippen molar-refractivity contribution in [2.45, 2.75) is 46.3 Å². The van der Waals surface area contributed by atoms with E-state index in [9.17, 15) is 18.8 Å². The number of fused-ring (bicyclic) bond motifs is 1. The molecule has 1 aromatic carbocycles. The van der Waals surface area contributed by atoms with E-state index in [4.69, 9.17) is 4.74 Å². The highest BCUT2D eigenvalue weighted by Gasteiger charge is 2.41. The van der Waals surface area contributed by atoms with Crippen molar-refractivity contribution in [1.82, 2.24) is 14.7 Å². The maximum atomic E-state index is 14.3. The van der Waals surface area contributed by atoms with E-state index in [-0.39, 0.29) is 24.3 Å². The molecule has 2 amide bonds. The number of rotatable bonds is 5. The number of amidine groups is 1. The van der Waals surface area contributed by atoms with Crippen LogP contribution in [0.4, 0.5) is 4.39 Å². The summed E-state index contributed by atoms with van der Waals surface area (Å²) in [6.07, 6.45) is -0.233. The van der Waals surface area contributed by atoms with E-state index < -0.39 is 17.8 Å². The van der Waals surface area contributed by atoms with Gasteiger partial charge in [-0.3, -0.25) is 9.59 Å². The van der Waals surface area contributed by atoms with Gasteiger partial charge in [-0.2, -0.15) is 0 Å². The minimum atomic E-state index is -0.673. The largest absolute Gasteiger partial charge is 0.459 e. The zero-order valence-electron chi connectivity index (χ0n) is 20.3. The van der Waals surface area contributed by atoms with Crippen LogP contribution in [0.2, 0.25) is 0 Å². The lowest BCUT2D eigenvalue weighted by Crippen LogP contribution is -2.50. The minimum absolute atomic E-state index is 0.00192. The van der Waals surface area contributed by atoms with Crippen molar-refractivity contribution in [3.05, 3.63) is 58.0 Å². The molecule has 3 aliphatic rings. The van der Waals surface area contributed by atoms with Crippen LogP contribution in [0, 0.1) is 5.82 Å². The fourth-order valence-corrected chi connectivity index (χ4v) is 5.40. The number of hydrogen-bond donors (Lipinski definition) is 0. The number of piperazine rings is 1. The van der Waals surface area contributed by atoms with Gasteiger partial charge in [0.25, 0.3) is 0 Å². The van der Waals surface area contributed by atoms with Crippen LogP contribution in [-0.4, -0.2) is 69.9 Å². The maximum Gasteiger partial charge on any atom is 0.338 e. The average Bonchev–Trinajstić information content (AvgIpc) is 3.19. The van der Waals surface area contributed by atoms with Crippen LogP contribution in [0.5, 0.6) is 0 Å². The highest BCUT2D eigenvalue weighted by molar-refractivity contribution is 8.16. The molecule has 0 unspecified atom stereocenters.